The summed E-state index contributed by atoms with van der Waals surface area (Å²) in [5, 5.41) is 12.7. The largest absolute Gasteiger partial charge is 0.481 e. The molecule has 0 amide bonds. The Labute approximate surface area is 123 Å². The van der Waals surface area contributed by atoms with Crippen molar-refractivity contribution in [3.63, 3.8) is 0 Å². The van der Waals surface area contributed by atoms with E-state index in [0.717, 1.165) is 17.1 Å². The Morgan fingerprint density at radius 1 is 1.52 bits per heavy atom. The standard InChI is InChI=1S/C12H19N3O5S/c1-14(5-2-12(16)17)21(18,19)11-8-13-15(9-11)10-3-6-20-7-4-10/h8-10H,2-7H2,1H3,(H,16,17). The van der Waals surface area contributed by atoms with Gasteiger partial charge in [-0.15, -0.1) is 0 Å². The van der Waals surface area contributed by atoms with Crippen molar-refractivity contribution < 1.29 is 23.1 Å². The molecule has 0 bridgehead atoms. The highest BCUT2D eigenvalue weighted by Gasteiger charge is 2.25. The zero-order chi connectivity index (χ0) is 15.5. The summed E-state index contributed by atoms with van der Waals surface area (Å²) >= 11 is 0. The summed E-state index contributed by atoms with van der Waals surface area (Å²) < 4.78 is 32.5. The molecule has 2 rings (SSSR count). The van der Waals surface area contributed by atoms with Crippen LogP contribution < -0.4 is 0 Å². The third kappa shape index (κ3) is 3.80. The Hall–Kier alpha value is -1.45. The van der Waals surface area contributed by atoms with Gasteiger partial charge in [0.1, 0.15) is 4.90 Å². The predicted octanol–water partition coefficient (Wildman–Crippen LogP) is 0.330. The van der Waals surface area contributed by atoms with E-state index >= 15 is 0 Å². The van der Waals surface area contributed by atoms with Gasteiger partial charge in [-0.25, -0.2) is 12.7 Å². The maximum absolute atomic E-state index is 12.3. The van der Waals surface area contributed by atoms with E-state index in [-0.39, 0.29) is 23.9 Å². The quantitative estimate of drug-likeness (QED) is 0.811. The van der Waals surface area contributed by atoms with Crippen molar-refractivity contribution in [2.24, 2.45) is 0 Å². The topological polar surface area (TPSA) is 102 Å². The lowest BCUT2D eigenvalue weighted by molar-refractivity contribution is -0.137. The van der Waals surface area contributed by atoms with Crippen molar-refractivity contribution in [2.75, 3.05) is 26.8 Å². The van der Waals surface area contributed by atoms with Gasteiger partial charge in [0, 0.05) is 33.0 Å². The molecule has 1 aromatic heterocycles. The van der Waals surface area contributed by atoms with Gasteiger partial charge in [-0.05, 0) is 12.8 Å². The second-order valence-corrected chi connectivity index (χ2v) is 7.01. The predicted molar refractivity (Wildman–Crippen MR) is 73.4 cm³/mol. The average Bonchev–Trinajstić information content (AvgIpc) is 2.96. The summed E-state index contributed by atoms with van der Waals surface area (Å²) in [6.45, 7) is 1.22. The summed E-state index contributed by atoms with van der Waals surface area (Å²) in [6, 6.07) is 0.145. The molecule has 0 aliphatic carbocycles. The number of carbonyl (C=O) groups is 1. The van der Waals surface area contributed by atoms with E-state index in [4.69, 9.17) is 9.84 Å². The Morgan fingerprint density at radius 2 is 2.19 bits per heavy atom. The number of rotatable bonds is 6. The highest BCUT2D eigenvalue weighted by Crippen LogP contribution is 2.22. The molecule has 1 aromatic rings. The van der Waals surface area contributed by atoms with Crippen molar-refractivity contribution in [1.82, 2.24) is 14.1 Å². The molecule has 0 saturated carbocycles. The zero-order valence-corrected chi connectivity index (χ0v) is 12.6. The van der Waals surface area contributed by atoms with Crippen LogP contribution in [0.3, 0.4) is 0 Å². The molecule has 1 aliphatic rings. The number of ether oxygens (including phenoxy) is 1. The zero-order valence-electron chi connectivity index (χ0n) is 11.8. The minimum atomic E-state index is -3.70. The van der Waals surface area contributed by atoms with E-state index in [1.807, 2.05) is 0 Å². The van der Waals surface area contributed by atoms with Gasteiger partial charge in [-0.1, -0.05) is 0 Å². The Kier molecular flexibility index (Phi) is 4.96. The first-order valence-electron chi connectivity index (χ1n) is 6.71. The third-order valence-electron chi connectivity index (χ3n) is 3.49. The minimum Gasteiger partial charge on any atom is -0.481 e. The van der Waals surface area contributed by atoms with E-state index in [2.05, 4.69) is 5.10 Å². The fraction of sp³-hybridized carbons (Fsp3) is 0.667. The SMILES string of the molecule is CN(CCC(=O)O)S(=O)(=O)c1cnn(C2CCOCC2)c1. The van der Waals surface area contributed by atoms with E-state index in [0.29, 0.717) is 13.2 Å². The number of hydrogen-bond donors (Lipinski definition) is 1. The number of carboxylic acids is 1. The molecule has 1 saturated heterocycles. The molecule has 9 heteroatoms. The van der Waals surface area contributed by atoms with Gasteiger partial charge < -0.3 is 9.84 Å². The summed E-state index contributed by atoms with van der Waals surface area (Å²) in [4.78, 5) is 10.6. The second-order valence-electron chi connectivity index (χ2n) is 4.97. The lowest BCUT2D eigenvalue weighted by Crippen LogP contribution is -2.29. The highest BCUT2D eigenvalue weighted by molar-refractivity contribution is 7.89. The van der Waals surface area contributed by atoms with Crippen molar-refractivity contribution in [1.29, 1.82) is 0 Å². The van der Waals surface area contributed by atoms with E-state index in [1.165, 1.54) is 19.4 Å². The van der Waals surface area contributed by atoms with Gasteiger partial charge >= 0.3 is 5.97 Å². The van der Waals surface area contributed by atoms with Gasteiger partial charge in [0.15, 0.2) is 0 Å². The van der Waals surface area contributed by atoms with Crippen LogP contribution in [0.5, 0.6) is 0 Å². The molecular formula is C12H19N3O5S. The maximum Gasteiger partial charge on any atom is 0.304 e. The lowest BCUT2D eigenvalue weighted by Gasteiger charge is -2.22. The summed E-state index contributed by atoms with van der Waals surface area (Å²) in [7, 11) is -2.33. The molecule has 8 nitrogen and oxygen atoms in total. The molecular weight excluding hydrogens is 298 g/mol. The van der Waals surface area contributed by atoms with Gasteiger partial charge in [0.05, 0.1) is 18.7 Å². The number of nitrogens with zero attached hydrogens (tertiary/aromatic N) is 3. The van der Waals surface area contributed by atoms with E-state index in [9.17, 15) is 13.2 Å². The van der Waals surface area contributed by atoms with Gasteiger partial charge in [-0.3, -0.25) is 9.48 Å². The molecule has 0 unspecified atom stereocenters. The van der Waals surface area contributed by atoms with Crippen LogP contribution in [0.1, 0.15) is 25.3 Å². The Bertz CT molecular complexity index is 592. The number of aliphatic carboxylic acids is 1. The first-order chi connectivity index (χ1) is 9.91. The number of carboxylic acid groups (broad SMARTS) is 1. The van der Waals surface area contributed by atoms with Crippen molar-refractivity contribution in [2.45, 2.75) is 30.2 Å². The smallest absolute Gasteiger partial charge is 0.304 e. The molecule has 118 valence electrons. The second kappa shape index (κ2) is 6.54. The molecule has 21 heavy (non-hydrogen) atoms. The molecule has 0 spiro atoms. The molecule has 0 atom stereocenters. The van der Waals surface area contributed by atoms with Gasteiger partial charge in [0.2, 0.25) is 10.0 Å². The Balaban J connectivity index is 2.09. The van der Waals surface area contributed by atoms with Crippen LogP contribution in [-0.2, 0) is 19.6 Å². The number of hydrogen-bond acceptors (Lipinski definition) is 5. The molecule has 2 heterocycles. The van der Waals surface area contributed by atoms with Crippen LogP contribution in [0.2, 0.25) is 0 Å². The van der Waals surface area contributed by atoms with Crippen LogP contribution in [0, 0.1) is 0 Å². The first-order valence-corrected chi connectivity index (χ1v) is 8.15. The van der Waals surface area contributed by atoms with Gasteiger partial charge in [0.25, 0.3) is 0 Å². The Morgan fingerprint density at radius 3 is 2.81 bits per heavy atom. The molecule has 0 aromatic carbocycles. The van der Waals surface area contributed by atoms with Crippen molar-refractivity contribution in [3.8, 4) is 0 Å². The van der Waals surface area contributed by atoms with Crippen LogP contribution in [-0.4, -0.2) is 60.4 Å². The average molecular weight is 317 g/mol. The van der Waals surface area contributed by atoms with Crippen LogP contribution in [0.15, 0.2) is 17.3 Å². The molecule has 1 N–H and O–H groups in total. The number of sulfonamides is 1. The maximum atomic E-state index is 12.3. The third-order valence-corrected chi connectivity index (χ3v) is 5.30. The molecule has 0 radical (unpaired) electrons. The summed E-state index contributed by atoms with van der Waals surface area (Å²) in [5.41, 5.74) is 0. The minimum absolute atomic E-state index is 0.0693. The van der Waals surface area contributed by atoms with E-state index < -0.39 is 16.0 Å². The molecule has 1 aliphatic heterocycles. The lowest BCUT2D eigenvalue weighted by atomic mass is 10.1. The van der Waals surface area contributed by atoms with Gasteiger partial charge in [-0.2, -0.15) is 5.10 Å². The normalized spacial score (nSPS) is 17.2. The highest BCUT2D eigenvalue weighted by atomic mass is 32.2. The molecule has 1 fully saturated rings. The fourth-order valence-corrected chi connectivity index (χ4v) is 3.27. The van der Waals surface area contributed by atoms with Crippen molar-refractivity contribution in [3.05, 3.63) is 12.4 Å². The first kappa shape index (κ1) is 15.9. The van der Waals surface area contributed by atoms with Crippen LogP contribution >= 0.6 is 0 Å². The van der Waals surface area contributed by atoms with E-state index in [1.54, 1.807) is 4.68 Å². The van der Waals surface area contributed by atoms with Crippen LogP contribution in [0.4, 0.5) is 0 Å². The summed E-state index contributed by atoms with van der Waals surface area (Å²) in [5.74, 6) is -1.03. The van der Waals surface area contributed by atoms with Crippen molar-refractivity contribution >= 4 is 16.0 Å². The number of aromatic nitrogens is 2. The summed E-state index contributed by atoms with van der Waals surface area (Å²) in [6.07, 6.45) is 4.18. The van der Waals surface area contributed by atoms with Crippen LogP contribution in [0.25, 0.3) is 0 Å². The monoisotopic (exact) mass is 317 g/mol. The fourth-order valence-electron chi connectivity index (χ4n) is 2.16.